The van der Waals surface area contributed by atoms with E-state index in [2.05, 4.69) is 4.74 Å². The molecule has 0 aromatic heterocycles. The third-order valence-electron chi connectivity index (χ3n) is 5.27. The Morgan fingerprint density at radius 3 is 2.39 bits per heavy atom. The van der Waals surface area contributed by atoms with Crippen LogP contribution in [0, 0.1) is 0 Å². The van der Waals surface area contributed by atoms with E-state index < -0.39 is 43.4 Å². The highest BCUT2D eigenvalue weighted by atomic mass is 16.7. The fraction of sp³-hybridized carbons (Fsp3) is 0.333. The van der Waals surface area contributed by atoms with E-state index in [1.165, 1.54) is 24.3 Å². The number of aliphatic hydroxyl groups excluding tert-OH is 4. The van der Waals surface area contributed by atoms with Gasteiger partial charge >= 0.3 is 0 Å². The van der Waals surface area contributed by atoms with Crippen molar-refractivity contribution in [2.45, 2.75) is 36.8 Å². The van der Waals surface area contributed by atoms with Gasteiger partial charge in [-0.1, -0.05) is 0 Å². The van der Waals surface area contributed by atoms with Crippen LogP contribution in [0.2, 0.25) is 0 Å². The second-order valence-electron chi connectivity index (χ2n) is 7.37. The summed E-state index contributed by atoms with van der Waals surface area (Å²) in [7, 11) is 0. The Balaban J connectivity index is 1.57. The molecule has 0 saturated carbocycles. The lowest BCUT2D eigenvalue weighted by Gasteiger charge is -2.39. The highest BCUT2D eigenvalue weighted by Gasteiger charge is 2.45. The Morgan fingerprint density at radius 1 is 0.903 bits per heavy atom. The van der Waals surface area contributed by atoms with Crippen LogP contribution in [0.5, 0.6) is 28.7 Å². The van der Waals surface area contributed by atoms with Crippen molar-refractivity contribution in [3.05, 3.63) is 47.5 Å². The van der Waals surface area contributed by atoms with Crippen LogP contribution in [0.4, 0.5) is 0 Å². The van der Waals surface area contributed by atoms with E-state index >= 15 is 0 Å². The van der Waals surface area contributed by atoms with Gasteiger partial charge in [0.2, 0.25) is 12.4 Å². The van der Waals surface area contributed by atoms with Gasteiger partial charge in [0.15, 0.2) is 11.5 Å². The van der Waals surface area contributed by atoms with Crippen LogP contribution >= 0.6 is 0 Å². The summed E-state index contributed by atoms with van der Waals surface area (Å²) in [5.74, 6) is -0.248. The van der Waals surface area contributed by atoms with Gasteiger partial charge in [-0.3, -0.25) is 0 Å². The second kappa shape index (κ2) is 8.25. The van der Waals surface area contributed by atoms with E-state index in [1.54, 1.807) is 18.2 Å². The van der Waals surface area contributed by atoms with E-state index in [4.69, 9.17) is 9.47 Å². The van der Waals surface area contributed by atoms with Gasteiger partial charge in [0.25, 0.3) is 5.75 Å². The van der Waals surface area contributed by atoms with Crippen LogP contribution in [-0.2, 0) is 4.74 Å². The molecule has 2 aliphatic heterocycles. The SMILES string of the molecule is OC[C@H]1O[C@@H](Oc2cc(O)c3c(c2)[OH+]C(c2ccc(O)c(O)c2)C=C3)[C@H](O)[C@@H](O)[C@@H]1O. The van der Waals surface area contributed by atoms with Crippen molar-refractivity contribution in [3.8, 4) is 28.7 Å². The normalized spacial score (nSPS) is 29.8. The van der Waals surface area contributed by atoms with Gasteiger partial charge in [0.1, 0.15) is 41.5 Å². The minimum absolute atomic E-state index is 0.0759. The molecule has 0 aliphatic carbocycles. The Morgan fingerprint density at radius 2 is 1.68 bits per heavy atom. The molecule has 0 radical (unpaired) electrons. The molecule has 2 aliphatic rings. The minimum atomic E-state index is -1.60. The molecule has 1 fully saturated rings. The van der Waals surface area contributed by atoms with Gasteiger partial charge in [-0.25, -0.2) is 0 Å². The van der Waals surface area contributed by atoms with Gasteiger partial charge in [-0.15, -0.1) is 0 Å². The number of fused-ring (bicyclic) bond motifs is 1. The number of rotatable bonds is 4. The van der Waals surface area contributed by atoms with Gasteiger partial charge in [-0.05, 0) is 24.3 Å². The Labute approximate surface area is 176 Å². The zero-order valence-electron chi connectivity index (χ0n) is 16.1. The van der Waals surface area contributed by atoms with Gasteiger partial charge in [0.05, 0.1) is 18.2 Å². The second-order valence-corrected chi connectivity index (χ2v) is 7.37. The first-order valence-corrected chi connectivity index (χ1v) is 9.53. The third-order valence-corrected chi connectivity index (χ3v) is 5.27. The van der Waals surface area contributed by atoms with Crippen molar-refractivity contribution >= 4 is 6.08 Å². The molecule has 0 spiro atoms. The third kappa shape index (κ3) is 3.99. The molecule has 0 amide bonds. The Bertz CT molecular complexity index is 988. The lowest BCUT2D eigenvalue weighted by atomic mass is 9.99. The predicted molar refractivity (Wildman–Crippen MR) is 106 cm³/mol. The van der Waals surface area contributed by atoms with E-state index in [0.717, 1.165) is 0 Å². The first-order valence-electron chi connectivity index (χ1n) is 9.53. The molecular weight excluding hydrogens is 412 g/mol. The summed E-state index contributed by atoms with van der Waals surface area (Å²) in [5.41, 5.74) is 1.04. The minimum Gasteiger partial charge on any atom is -0.574 e. The standard InChI is InChI=1S/C21H22O10/c22-8-17-18(26)19(27)20(28)21(31-17)29-10-6-13(24)11-2-4-15(30-16(11)7-10)9-1-3-12(23)14(25)5-9/h1-7,15,17-28H,8H2/p+1/t15?,17-,18-,19+,20-,21-/m1/s1. The maximum absolute atomic E-state index is 10.4. The number of benzene rings is 2. The van der Waals surface area contributed by atoms with Crippen LogP contribution < -0.4 is 4.74 Å². The highest BCUT2D eigenvalue weighted by molar-refractivity contribution is 5.68. The summed E-state index contributed by atoms with van der Waals surface area (Å²) >= 11 is 0. The van der Waals surface area contributed by atoms with Gasteiger partial charge < -0.3 is 50.0 Å². The fourth-order valence-corrected chi connectivity index (χ4v) is 3.53. The molecule has 166 valence electrons. The van der Waals surface area contributed by atoms with Crippen molar-refractivity contribution < 1.29 is 50.0 Å². The smallest absolute Gasteiger partial charge is 0.270 e. The van der Waals surface area contributed by atoms with E-state index in [1.807, 2.05) is 0 Å². The zero-order chi connectivity index (χ0) is 22.3. The predicted octanol–water partition coefficient (Wildman–Crippen LogP) is -0.00850. The number of aromatic hydroxyl groups is 4. The Hall–Kier alpha value is -3.02. The number of aliphatic hydroxyl groups is 5. The van der Waals surface area contributed by atoms with E-state index in [9.17, 15) is 35.7 Å². The van der Waals surface area contributed by atoms with Crippen molar-refractivity contribution in [2.24, 2.45) is 0 Å². The molecule has 8 N–H and O–H groups in total. The molecule has 2 aromatic carbocycles. The molecule has 2 aromatic rings. The number of hydrogen-bond acceptors (Lipinski definition) is 9. The summed E-state index contributed by atoms with van der Waals surface area (Å²) in [6.45, 7) is -0.596. The molecule has 10 heteroatoms. The lowest BCUT2D eigenvalue weighted by molar-refractivity contribution is -0.277. The quantitative estimate of drug-likeness (QED) is 0.257. The molecule has 1 unspecified atom stereocenters. The molecule has 4 rings (SSSR count). The molecule has 0 bridgehead atoms. The van der Waals surface area contributed by atoms with Crippen LogP contribution in [0.25, 0.3) is 6.08 Å². The molecular formula is C21H23O10+. The summed E-state index contributed by atoms with van der Waals surface area (Å²) < 4.78 is 15.4. The van der Waals surface area contributed by atoms with Crippen LogP contribution in [0.1, 0.15) is 17.2 Å². The summed E-state index contributed by atoms with van der Waals surface area (Å²) in [6.07, 6.45) is -4.37. The summed E-state index contributed by atoms with van der Waals surface area (Å²) in [6, 6.07) is 7.11. The fourth-order valence-electron chi connectivity index (χ4n) is 3.53. The van der Waals surface area contributed by atoms with Crippen molar-refractivity contribution in [3.63, 3.8) is 0 Å². The molecule has 6 atom stereocenters. The van der Waals surface area contributed by atoms with E-state index in [-0.39, 0.29) is 23.0 Å². The van der Waals surface area contributed by atoms with Crippen molar-refractivity contribution in [1.29, 1.82) is 0 Å². The van der Waals surface area contributed by atoms with Gasteiger partial charge in [-0.2, -0.15) is 0 Å². The van der Waals surface area contributed by atoms with Crippen LogP contribution in [0.3, 0.4) is 0 Å². The number of phenolic OH excluding ortho intramolecular Hbond substituents is 3. The Kier molecular flexibility index (Phi) is 5.65. The molecule has 10 nitrogen and oxygen atoms in total. The van der Waals surface area contributed by atoms with Crippen LogP contribution in [0.15, 0.2) is 36.4 Å². The van der Waals surface area contributed by atoms with E-state index in [0.29, 0.717) is 16.9 Å². The monoisotopic (exact) mass is 435 g/mol. The first-order chi connectivity index (χ1) is 14.8. The van der Waals surface area contributed by atoms with Crippen molar-refractivity contribution in [2.75, 3.05) is 6.61 Å². The average molecular weight is 435 g/mol. The number of hydrogen-bond donors (Lipinski definition) is 7. The highest BCUT2D eigenvalue weighted by Crippen LogP contribution is 2.43. The molecule has 31 heavy (non-hydrogen) atoms. The maximum atomic E-state index is 10.4. The topological polar surface area (TPSA) is 173 Å². The first kappa shape index (κ1) is 21.2. The molecule has 2 heterocycles. The summed E-state index contributed by atoms with van der Waals surface area (Å²) in [4.78, 5) is 0. The lowest BCUT2D eigenvalue weighted by Crippen LogP contribution is -2.60. The average Bonchev–Trinajstić information content (AvgIpc) is 2.75. The molecule has 1 saturated heterocycles. The number of ether oxygens (including phenoxy) is 3. The largest absolute Gasteiger partial charge is 0.574 e. The van der Waals surface area contributed by atoms with Crippen molar-refractivity contribution in [1.82, 2.24) is 0 Å². The number of phenols is 3. The van der Waals surface area contributed by atoms with Gasteiger partial charge in [0, 0.05) is 12.1 Å². The maximum Gasteiger partial charge on any atom is 0.270 e. The van der Waals surface area contributed by atoms with Crippen LogP contribution in [-0.4, -0.2) is 77.8 Å². The zero-order valence-corrected chi connectivity index (χ0v) is 16.1. The summed E-state index contributed by atoms with van der Waals surface area (Å²) in [5, 5.41) is 68.8.